The van der Waals surface area contributed by atoms with E-state index in [0.29, 0.717) is 12.2 Å². The van der Waals surface area contributed by atoms with E-state index in [1.54, 1.807) is 6.92 Å². The molecule has 16 heavy (non-hydrogen) atoms. The standard InChI is InChI=1S/C13H24O3/c1-4-5-6-9-15-10-7-8-11-16-13(14)12(2)3/h2,4-11H2,1,3H3. The van der Waals surface area contributed by atoms with E-state index < -0.39 is 0 Å². The zero-order valence-electron chi connectivity index (χ0n) is 10.6. The highest BCUT2D eigenvalue weighted by Crippen LogP contribution is 1.98. The Hall–Kier alpha value is -0.830. The minimum atomic E-state index is -0.302. The fraction of sp³-hybridized carbons (Fsp3) is 0.769. The number of hydrogen-bond donors (Lipinski definition) is 0. The molecule has 0 unspecified atom stereocenters. The van der Waals surface area contributed by atoms with Gasteiger partial charge < -0.3 is 9.47 Å². The second kappa shape index (κ2) is 10.7. The van der Waals surface area contributed by atoms with Gasteiger partial charge in [0.25, 0.3) is 0 Å². The van der Waals surface area contributed by atoms with Crippen molar-refractivity contribution >= 4 is 5.97 Å². The van der Waals surface area contributed by atoms with Crippen LogP contribution in [0, 0.1) is 0 Å². The number of ether oxygens (including phenoxy) is 2. The number of esters is 1. The van der Waals surface area contributed by atoms with Crippen molar-refractivity contribution < 1.29 is 14.3 Å². The number of rotatable bonds is 10. The molecule has 0 aliphatic rings. The van der Waals surface area contributed by atoms with Crippen LogP contribution in [0.15, 0.2) is 12.2 Å². The molecule has 0 saturated heterocycles. The first-order valence-corrected chi connectivity index (χ1v) is 6.08. The number of unbranched alkanes of at least 4 members (excludes halogenated alkanes) is 3. The Labute approximate surface area is 98.8 Å². The van der Waals surface area contributed by atoms with Gasteiger partial charge in [0.05, 0.1) is 6.61 Å². The van der Waals surface area contributed by atoms with Crippen LogP contribution < -0.4 is 0 Å². The molecule has 0 aliphatic carbocycles. The van der Waals surface area contributed by atoms with Gasteiger partial charge in [-0.25, -0.2) is 4.79 Å². The van der Waals surface area contributed by atoms with Crippen molar-refractivity contribution in [1.82, 2.24) is 0 Å². The van der Waals surface area contributed by atoms with Gasteiger partial charge in [0.2, 0.25) is 0 Å². The summed E-state index contributed by atoms with van der Waals surface area (Å²) in [7, 11) is 0. The molecular formula is C13H24O3. The van der Waals surface area contributed by atoms with Crippen LogP contribution in [0.4, 0.5) is 0 Å². The summed E-state index contributed by atoms with van der Waals surface area (Å²) in [6.07, 6.45) is 5.39. The minimum Gasteiger partial charge on any atom is -0.462 e. The van der Waals surface area contributed by atoms with Crippen LogP contribution in [0.5, 0.6) is 0 Å². The Morgan fingerprint density at radius 2 is 1.62 bits per heavy atom. The van der Waals surface area contributed by atoms with Gasteiger partial charge >= 0.3 is 5.97 Å². The molecule has 94 valence electrons. The Morgan fingerprint density at radius 3 is 2.19 bits per heavy atom. The van der Waals surface area contributed by atoms with E-state index >= 15 is 0 Å². The van der Waals surface area contributed by atoms with E-state index in [9.17, 15) is 4.79 Å². The Balaban J connectivity index is 3.10. The maximum absolute atomic E-state index is 11.0. The Bertz CT molecular complexity index is 199. The average Bonchev–Trinajstić information content (AvgIpc) is 2.26. The van der Waals surface area contributed by atoms with Crippen molar-refractivity contribution in [3.05, 3.63) is 12.2 Å². The van der Waals surface area contributed by atoms with Crippen LogP contribution in [-0.4, -0.2) is 25.8 Å². The van der Waals surface area contributed by atoms with Crippen molar-refractivity contribution in [3.8, 4) is 0 Å². The van der Waals surface area contributed by atoms with Gasteiger partial charge in [-0.15, -0.1) is 0 Å². The molecule has 0 spiro atoms. The molecule has 0 saturated carbocycles. The van der Waals surface area contributed by atoms with Crippen LogP contribution in [0.3, 0.4) is 0 Å². The third-order valence-corrected chi connectivity index (χ3v) is 2.16. The zero-order chi connectivity index (χ0) is 12.2. The van der Waals surface area contributed by atoms with E-state index in [-0.39, 0.29) is 5.97 Å². The number of carbonyl (C=O) groups excluding carboxylic acids is 1. The second-order valence-corrected chi connectivity index (χ2v) is 3.94. The van der Waals surface area contributed by atoms with Gasteiger partial charge in [-0.05, 0) is 26.2 Å². The van der Waals surface area contributed by atoms with E-state index in [0.717, 1.165) is 32.5 Å². The molecule has 0 bridgehead atoms. The smallest absolute Gasteiger partial charge is 0.333 e. The van der Waals surface area contributed by atoms with E-state index in [4.69, 9.17) is 9.47 Å². The maximum atomic E-state index is 11.0. The lowest BCUT2D eigenvalue weighted by atomic mass is 10.3. The molecule has 3 nitrogen and oxygen atoms in total. The van der Waals surface area contributed by atoms with Gasteiger partial charge in [0, 0.05) is 18.8 Å². The summed E-state index contributed by atoms with van der Waals surface area (Å²) in [5.74, 6) is -0.302. The van der Waals surface area contributed by atoms with Crippen LogP contribution >= 0.6 is 0 Å². The molecule has 0 aromatic heterocycles. The lowest BCUT2D eigenvalue weighted by molar-refractivity contribution is -0.139. The average molecular weight is 228 g/mol. The zero-order valence-corrected chi connectivity index (χ0v) is 10.6. The maximum Gasteiger partial charge on any atom is 0.333 e. The molecule has 3 heteroatoms. The molecular weight excluding hydrogens is 204 g/mol. The van der Waals surface area contributed by atoms with Gasteiger partial charge in [-0.2, -0.15) is 0 Å². The van der Waals surface area contributed by atoms with Crippen LogP contribution in [0.2, 0.25) is 0 Å². The summed E-state index contributed by atoms with van der Waals surface area (Å²) in [5, 5.41) is 0. The fourth-order valence-corrected chi connectivity index (χ4v) is 1.15. The molecule has 0 aromatic rings. The SMILES string of the molecule is C=C(C)C(=O)OCCCCOCCCCC. The van der Waals surface area contributed by atoms with Crippen molar-refractivity contribution in [2.75, 3.05) is 19.8 Å². The van der Waals surface area contributed by atoms with E-state index in [1.807, 2.05) is 0 Å². The highest BCUT2D eigenvalue weighted by Gasteiger charge is 2.01. The van der Waals surface area contributed by atoms with E-state index in [2.05, 4.69) is 13.5 Å². The van der Waals surface area contributed by atoms with Crippen molar-refractivity contribution in [2.45, 2.75) is 46.0 Å². The highest BCUT2D eigenvalue weighted by molar-refractivity contribution is 5.86. The highest BCUT2D eigenvalue weighted by atomic mass is 16.5. The molecule has 0 N–H and O–H groups in total. The summed E-state index contributed by atoms with van der Waals surface area (Å²) in [5.41, 5.74) is 0.454. The molecule has 0 rings (SSSR count). The first kappa shape index (κ1) is 15.2. The first-order chi connectivity index (χ1) is 7.68. The fourth-order valence-electron chi connectivity index (χ4n) is 1.15. The molecule has 0 amide bonds. The number of hydrogen-bond acceptors (Lipinski definition) is 3. The summed E-state index contributed by atoms with van der Waals surface area (Å²) < 4.78 is 10.4. The third kappa shape index (κ3) is 9.71. The second-order valence-electron chi connectivity index (χ2n) is 3.94. The summed E-state index contributed by atoms with van der Waals surface area (Å²) in [6, 6.07) is 0. The minimum absolute atomic E-state index is 0.302. The molecule has 0 radical (unpaired) electrons. The normalized spacial score (nSPS) is 10.1. The van der Waals surface area contributed by atoms with Crippen LogP contribution in [-0.2, 0) is 14.3 Å². The summed E-state index contributed by atoms with van der Waals surface area (Å²) in [6.45, 7) is 9.41. The lowest BCUT2D eigenvalue weighted by Gasteiger charge is -2.05. The predicted molar refractivity (Wildman–Crippen MR) is 65.4 cm³/mol. The topological polar surface area (TPSA) is 35.5 Å². The van der Waals surface area contributed by atoms with Crippen molar-refractivity contribution in [2.24, 2.45) is 0 Å². The van der Waals surface area contributed by atoms with Gasteiger partial charge in [0.15, 0.2) is 0 Å². The molecule has 0 aliphatic heterocycles. The van der Waals surface area contributed by atoms with Gasteiger partial charge in [-0.1, -0.05) is 26.3 Å². The number of carbonyl (C=O) groups is 1. The third-order valence-electron chi connectivity index (χ3n) is 2.16. The summed E-state index contributed by atoms with van der Waals surface area (Å²) in [4.78, 5) is 11.0. The first-order valence-electron chi connectivity index (χ1n) is 6.08. The Kier molecular flexibility index (Phi) is 10.1. The molecule has 0 aromatic carbocycles. The monoisotopic (exact) mass is 228 g/mol. The predicted octanol–water partition coefficient (Wildman–Crippen LogP) is 3.09. The van der Waals surface area contributed by atoms with Crippen molar-refractivity contribution in [3.63, 3.8) is 0 Å². The molecule has 0 fully saturated rings. The van der Waals surface area contributed by atoms with Gasteiger partial charge in [0.1, 0.15) is 0 Å². The lowest BCUT2D eigenvalue weighted by Crippen LogP contribution is -2.07. The van der Waals surface area contributed by atoms with Gasteiger partial charge in [-0.3, -0.25) is 0 Å². The quantitative estimate of drug-likeness (QED) is 0.327. The van der Waals surface area contributed by atoms with Crippen LogP contribution in [0.25, 0.3) is 0 Å². The Morgan fingerprint density at radius 1 is 1.06 bits per heavy atom. The largest absolute Gasteiger partial charge is 0.462 e. The molecule has 0 atom stereocenters. The van der Waals surface area contributed by atoms with Crippen molar-refractivity contribution in [1.29, 1.82) is 0 Å². The van der Waals surface area contributed by atoms with E-state index in [1.165, 1.54) is 12.8 Å². The summed E-state index contributed by atoms with van der Waals surface area (Å²) >= 11 is 0. The molecule has 0 heterocycles. The van der Waals surface area contributed by atoms with Crippen LogP contribution in [0.1, 0.15) is 46.0 Å².